The predicted molar refractivity (Wildman–Crippen MR) is 47.2 cm³/mol. The maximum atomic E-state index is 11.2. The molecule has 14 heavy (non-hydrogen) atoms. The Kier molecular flexibility index (Phi) is 1.86. The average molecular weight is 192 g/mol. The van der Waals surface area contributed by atoms with Gasteiger partial charge in [-0.15, -0.1) is 13.2 Å². The van der Waals surface area contributed by atoms with Crippen LogP contribution in [0.25, 0.3) is 0 Å². The van der Waals surface area contributed by atoms with E-state index in [0.717, 1.165) is 0 Å². The summed E-state index contributed by atoms with van der Waals surface area (Å²) in [5.74, 6) is -1.28. The molecule has 0 aromatic rings. The molecule has 4 heteroatoms. The number of carbonyl (C=O) groups is 2. The van der Waals surface area contributed by atoms with E-state index in [1.165, 1.54) is 12.2 Å². The van der Waals surface area contributed by atoms with E-state index < -0.39 is 24.1 Å². The van der Waals surface area contributed by atoms with Crippen LogP contribution in [0.4, 0.5) is 0 Å². The average Bonchev–Trinajstić information content (AvgIpc) is 2.67. The fourth-order valence-corrected chi connectivity index (χ4v) is 1.59. The minimum Gasteiger partial charge on any atom is -0.386 e. The van der Waals surface area contributed by atoms with Crippen LogP contribution in [0.2, 0.25) is 0 Å². The first kappa shape index (κ1) is 8.90. The SMILES string of the molecule is C=CC1OC(C=C)C2=C1C(=O)OC2=O. The second kappa shape index (κ2) is 2.92. The summed E-state index contributed by atoms with van der Waals surface area (Å²) in [6, 6.07) is 0. The van der Waals surface area contributed by atoms with Crippen LogP contribution in [0.5, 0.6) is 0 Å². The molecule has 0 aromatic heterocycles. The highest BCUT2D eigenvalue weighted by Gasteiger charge is 2.46. The van der Waals surface area contributed by atoms with Crippen molar-refractivity contribution in [1.82, 2.24) is 0 Å². The van der Waals surface area contributed by atoms with Crippen LogP contribution in [0.3, 0.4) is 0 Å². The third-order valence-electron chi connectivity index (χ3n) is 2.21. The number of hydrogen-bond acceptors (Lipinski definition) is 4. The molecule has 2 heterocycles. The van der Waals surface area contributed by atoms with Gasteiger partial charge in [0.15, 0.2) is 0 Å². The van der Waals surface area contributed by atoms with E-state index >= 15 is 0 Å². The van der Waals surface area contributed by atoms with Gasteiger partial charge in [0.2, 0.25) is 0 Å². The Morgan fingerprint density at radius 3 is 1.79 bits per heavy atom. The molecular formula is C10H8O4. The Hall–Kier alpha value is -1.68. The van der Waals surface area contributed by atoms with Crippen molar-refractivity contribution in [3.63, 3.8) is 0 Å². The molecule has 0 saturated heterocycles. The van der Waals surface area contributed by atoms with Gasteiger partial charge < -0.3 is 9.47 Å². The molecule has 0 aliphatic carbocycles. The van der Waals surface area contributed by atoms with Crippen LogP contribution in [0.15, 0.2) is 36.5 Å². The molecule has 0 bridgehead atoms. The number of ether oxygens (including phenoxy) is 2. The molecule has 2 aliphatic rings. The van der Waals surface area contributed by atoms with E-state index in [4.69, 9.17) is 4.74 Å². The second-order valence-electron chi connectivity index (χ2n) is 2.95. The fourth-order valence-electron chi connectivity index (χ4n) is 1.59. The molecule has 0 radical (unpaired) electrons. The lowest BCUT2D eigenvalue weighted by molar-refractivity contribution is -0.152. The highest BCUT2D eigenvalue weighted by Crippen LogP contribution is 2.34. The summed E-state index contributed by atoms with van der Waals surface area (Å²) in [7, 11) is 0. The van der Waals surface area contributed by atoms with Gasteiger partial charge in [-0.1, -0.05) is 12.2 Å². The lowest BCUT2D eigenvalue weighted by atomic mass is 10.0. The van der Waals surface area contributed by atoms with Gasteiger partial charge in [0.1, 0.15) is 12.2 Å². The van der Waals surface area contributed by atoms with Gasteiger partial charge in [-0.05, 0) is 0 Å². The topological polar surface area (TPSA) is 52.6 Å². The number of esters is 2. The summed E-state index contributed by atoms with van der Waals surface area (Å²) >= 11 is 0. The minimum atomic E-state index is -0.640. The fraction of sp³-hybridized carbons (Fsp3) is 0.200. The van der Waals surface area contributed by atoms with Crippen molar-refractivity contribution in [2.75, 3.05) is 0 Å². The summed E-state index contributed by atoms with van der Waals surface area (Å²) in [4.78, 5) is 22.5. The second-order valence-corrected chi connectivity index (χ2v) is 2.95. The Balaban J connectivity index is 2.50. The van der Waals surface area contributed by atoms with E-state index in [1.54, 1.807) is 0 Å². The monoisotopic (exact) mass is 192 g/mol. The normalized spacial score (nSPS) is 30.3. The Morgan fingerprint density at radius 1 is 1.00 bits per heavy atom. The van der Waals surface area contributed by atoms with E-state index in [9.17, 15) is 9.59 Å². The van der Waals surface area contributed by atoms with Gasteiger partial charge in [-0.25, -0.2) is 9.59 Å². The summed E-state index contributed by atoms with van der Waals surface area (Å²) < 4.78 is 9.80. The largest absolute Gasteiger partial charge is 0.386 e. The van der Waals surface area contributed by atoms with Gasteiger partial charge in [0.05, 0.1) is 11.1 Å². The molecule has 2 rings (SSSR count). The molecular weight excluding hydrogens is 184 g/mol. The van der Waals surface area contributed by atoms with E-state index in [1.807, 2.05) is 0 Å². The molecule has 2 unspecified atom stereocenters. The van der Waals surface area contributed by atoms with Crippen molar-refractivity contribution in [3.8, 4) is 0 Å². The first-order chi connectivity index (χ1) is 6.69. The predicted octanol–water partition coefficient (Wildman–Crippen LogP) is 0.506. The molecule has 0 amide bonds. The van der Waals surface area contributed by atoms with Gasteiger partial charge in [0.25, 0.3) is 0 Å². The lowest BCUT2D eigenvalue weighted by Crippen LogP contribution is -2.20. The van der Waals surface area contributed by atoms with Crippen LogP contribution in [-0.2, 0) is 19.1 Å². The molecule has 72 valence electrons. The quantitative estimate of drug-likeness (QED) is 0.363. The summed E-state index contributed by atoms with van der Waals surface area (Å²) in [5, 5.41) is 0. The first-order valence-electron chi connectivity index (χ1n) is 4.10. The Labute approximate surface area is 80.5 Å². The third-order valence-corrected chi connectivity index (χ3v) is 2.21. The van der Waals surface area contributed by atoms with Gasteiger partial charge >= 0.3 is 11.9 Å². The molecule has 2 atom stereocenters. The number of hydrogen-bond donors (Lipinski definition) is 0. The van der Waals surface area contributed by atoms with Crippen LogP contribution in [-0.4, -0.2) is 24.1 Å². The first-order valence-corrected chi connectivity index (χ1v) is 4.10. The van der Waals surface area contributed by atoms with E-state index in [0.29, 0.717) is 0 Å². The number of cyclic esters (lactones) is 2. The number of rotatable bonds is 2. The van der Waals surface area contributed by atoms with Crippen molar-refractivity contribution >= 4 is 11.9 Å². The van der Waals surface area contributed by atoms with Crippen molar-refractivity contribution in [3.05, 3.63) is 36.5 Å². The zero-order valence-corrected chi connectivity index (χ0v) is 7.36. The van der Waals surface area contributed by atoms with Crippen LogP contribution < -0.4 is 0 Å². The number of carbonyl (C=O) groups excluding carboxylic acids is 2. The molecule has 0 fully saturated rings. The van der Waals surface area contributed by atoms with Crippen molar-refractivity contribution in [2.24, 2.45) is 0 Å². The Bertz CT molecular complexity index is 344. The highest BCUT2D eigenvalue weighted by molar-refractivity contribution is 6.14. The summed E-state index contributed by atoms with van der Waals surface area (Å²) in [6.45, 7) is 7.04. The van der Waals surface area contributed by atoms with Crippen molar-refractivity contribution in [1.29, 1.82) is 0 Å². The minimum absolute atomic E-state index is 0.259. The zero-order chi connectivity index (χ0) is 10.3. The maximum absolute atomic E-state index is 11.2. The van der Waals surface area contributed by atoms with Crippen molar-refractivity contribution in [2.45, 2.75) is 12.2 Å². The van der Waals surface area contributed by atoms with Crippen molar-refractivity contribution < 1.29 is 19.1 Å². The van der Waals surface area contributed by atoms with E-state index in [2.05, 4.69) is 17.9 Å². The molecule has 0 aromatic carbocycles. The molecule has 2 aliphatic heterocycles. The van der Waals surface area contributed by atoms with E-state index in [-0.39, 0.29) is 11.1 Å². The zero-order valence-electron chi connectivity index (χ0n) is 7.36. The molecule has 0 saturated carbocycles. The molecule has 4 nitrogen and oxygen atoms in total. The van der Waals surface area contributed by atoms with Crippen LogP contribution >= 0.6 is 0 Å². The van der Waals surface area contributed by atoms with Gasteiger partial charge in [0, 0.05) is 0 Å². The standard InChI is InChI=1S/C10H8O4/c1-3-5-7-8(6(4-2)13-5)10(12)14-9(7)11/h3-6H,1-2H2. The van der Waals surface area contributed by atoms with Gasteiger partial charge in [-0.3, -0.25) is 0 Å². The Morgan fingerprint density at radius 2 is 1.43 bits per heavy atom. The maximum Gasteiger partial charge on any atom is 0.345 e. The summed E-state index contributed by atoms with van der Waals surface area (Å²) in [5.41, 5.74) is 0.518. The molecule has 0 spiro atoms. The van der Waals surface area contributed by atoms with Gasteiger partial charge in [-0.2, -0.15) is 0 Å². The smallest absolute Gasteiger partial charge is 0.345 e. The molecule has 0 N–H and O–H groups in total. The third kappa shape index (κ3) is 0.975. The van der Waals surface area contributed by atoms with Crippen LogP contribution in [0.1, 0.15) is 0 Å². The lowest BCUT2D eigenvalue weighted by Gasteiger charge is -2.11. The van der Waals surface area contributed by atoms with Crippen LogP contribution in [0, 0.1) is 0 Å². The summed E-state index contributed by atoms with van der Waals surface area (Å²) in [6.07, 6.45) is 1.79. The highest BCUT2D eigenvalue weighted by atomic mass is 16.6.